The number of H-pyrrole nitrogens is 1. The first-order valence-electron chi connectivity index (χ1n) is 2.87. The van der Waals surface area contributed by atoms with Gasteiger partial charge in [-0.05, 0) is 6.92 Å². The lowest BCUT2D eigenvalue weighted by molar-refractivity contribution is 1.07. The lowest BCUT2D eigenvalue weighted by Crippen LogP contribution is -1.99. The Labute approximate surface area is 53.4 Å². The molecule has 4 N–H and O–H groups in total. The fourth-order valence-electron chi connectivity index (χ4n) is 0.614. The van der Waals surface area contributed by atoms with E-state index in [-0.39, 0.29) is 0 Å². The smallest absolute Gasteiger partial charge is 0.145 e. The molecule has 0 unspecified atom stereocenters. The van der Waals surface area contributed by atoms with E-state index in [4.69, 9.17) is 5.73 Å². The van der Waals surface area contributed by atoms with Gasteiger partial charge in [0.2, 0.25) is 0 Å². The van der Waals surface area contributed by atoms with Crippen molar-refractivity contribution >= 4 is 11.5 Å². The normalized spacial score (nSPS) is 9.44. The van der Waals surface area contributed by atoms with Crippen molar-refractivity contribution in [3.63, 3.8) is 0 Å². The number of aromatic nitrogens is 2. The minimum atomic E-state index is 0.664. The van der Waals surface area contributed by atoms with Gasteiger partial charge in [-0.1, -0.05) is 0 Å². The highest BCUT2D eigenvalue weighted by Gasteiger charge is 1.95. The van der Waals surface area contributed by atoms with Crippen LogP contribution < -0.4 is 11.1 Å². The number of nitrogens with one attached hydrogen (secondary N) is 2. The SMILES string of the molecule is CCNc1[nH]ncc1N. The maximum atomic E-state index is 5.47. The molecule has 4 nitrogen and oxygen atoms in total. The monoisotopic (exact) mass is 126 g/mol. The molecule has 0 aliphatic rings. The summed E-state index contributed by atoms with van der Waals surface area (Å²) >= 11 is 0. The van der Waals surface area contributed by atoms with Gasteiger partial charge in [-0.25, -0.2) is 0 Å². The molecule has 1 aromatic rings. The summed E-state index contributed by atoms with van der Waals surface area (Å²) in [7, 11) is 0. The molecule has 0 atom stereocenters. The van der Waals surface area contributed by atoms with Crippen molar-refractivity contribution in [2.45, 2.75) is 6.92 Å². The van der Waals surface area contributed by atoms with Gasteiger partial charge in [0.05, 0.1) is 11.9 Å². The van der Waals surface area contributed by atoms with E-state index in [1.165, 1.54) is 0 Å². The van der Waals surface area contributed by atoms with Crippen LogP contribution >= 0.6 is 0 Å². The Morgan fingerprint density at radius 2 is 2.67 bits per heavy atom. The minimum absolute atomic E-state index is 0.664. The Morgan fingerprint density at radius 1 is 1.89 bits per heavy atom. The van der Waals surface area contributed by atoms with Crippen LogP contribution in [0.5, 0.6) is 0 Å². The number of nitrogens with two attached hydrogens (primary N) is 1. The van der Waals surface area contributed by atoms with Gasteiger partial charge in [-0.3, -0.25) is 5.10 Å². The van der Waals surface area contributed by atoms with E-state index >= 15 is 0 Å². The van der Waals surface area contributed by atoms with E-state index in [1.807, 2.05) is 6.92 Å². The first-order valence-corrected chi connectivity index (χ1v) is 2.87. The zero-order valence-corrected chi connectivity index (χ0v) is 5.31. The Hall–Kier alpha value is -1.19. The molecular weight excluding hydrogens is 116 g/mol. The molecule has 0 fully saturated rings. The number of aromatic amines is 1. The van der Waals surface area contributed by atoms with E-state index in [0.717, 1.165) is 12.4 Å². The third-order valence-corrected chi connectivity index (χ3v) is 1.02. The minimum Gasteiger partial charge on any atom is -0.394 e. The summed E-state index contributed by atoms with van der Waals surface area (Å²) in [4.78, 5) is 0. The van der Waals surface area contributed by atoms with Crippen LogP contribution in [-0.2, 0) is 0 Å². The Balaban J connectivity index is 2.69. The van der Waals surface area contributed by atoms with Gasteiger partial charge >= 0.3 is 0 Å². The number of hydrogen-bond donors (Lipinski definition) is 3. The average molecular weight is 126 g/mol. The third-order valence-electron chi connectivity index (χ3n) is 1.02. The summed E-state index contributed by atoms with van der Waals surface area (Å²) in [6, 6.07) is 0. The fourth-order valence-corrected chi connectivity index (χ4v) is 0.614. The van der Waals surface area contributed by atoms with Crippen molar-refractivity contribution in [3.05, 3.63) is 6.20 Å². The van der Waals surface area contributed by atoms with Crippen molar-refractivity contribution < 1.29 is 0 Å². The fraction of sp³-hybridized carbons (Fsp3) is 0.400. The molecule has 0 saturated carbocycles. The van der Waals surface area contributed by atoms with Crippen LogP contribution in [0.3, 0.4) is 0 Å². The largest absolute Gasteiger partial charge is 0.394 e. The Kier molecular flexibility index (Phi) is 1.58. The second-order valence-electron chi connectivity index (χ2n) is 1.73. The first kappa shape index (κ1) is 5.94. The molecule has 0 aliphatic carbocycles. The van der Waals surface area contributed by atoms with Crippen molar-refractivity contribution in [1.29, 1.82) is 0 Å². The third kappa shape index (κ3) is 1.13. The Bertz CT molecular complexity index is 181. The molecule has 0 aliphatic heterocycles. The molecule has 1 aromatic heterocycles. The van der Waals surface area contributed by atoms with Gasteiger partial charge < -0.3 is 11.1 Å². The second kappa shape index (κ2) is 2.39. The lowest BCUT2D eigenvalue weighted by atomic mass is 10.5. The summed E-state index contributed by atoms with van der Waals surface area (Å²) in [5.74, 6) is 0.803. The van der Waals surface area contributed by atoms with Crippen molar-refractivity contribution in [2.75, 3.05) is 17.6 Å². The summed E-state index contributed by atoms with van der Waals surface area (Å²) in [6.45, 7) is 2.85. The van der Waals surface area contributed by atoms with Crippen molar-refractivity contribution in [3.8, 4) is 0 Å². The van der Waals surface area contributed by atoms with Gasteiger partial charge in [0, 0.05) is 6.54 Å². The van der Waals surface area contributed by atoms with Crippen LogP contribution in [0.2, 0.25) is 0 Å². The number of anilines is 2. The zero-order chi connectivity index (χ0) is 6.69. The van der Waals surface area contributed by atoms with E-state index in [9.17, 15) is 0 Å². The topological polar surface area (TPSA) is 66.7 Å². The highest BCUT2D eigenvalue weighted by molar-refractivity contribution is 5.59. The maximum absolute atomic E-state index is 5.47. The van der Waals surface area contributed by atoms with Gasteiger partial charge in [0.25, 0.3) is 0 Å². The van der Waals surface area contributed by atoms with E-state index in [0.29, 0.717) is 5.69 Å². The molecule has 0 saturated heterocycles. The molecule has 0 spiro atoms. The number of hydrogen-bond acceptors (Lipinski definition) is 3. The van der Waals surface area contributed by atoms with E-state index in [2.05, 4.69) is 15.5 Å². The highest BCUT2D eigenvalue weighted by atomic mass is 15.2. The first-order chi connectivity index (χ1) is 4.34. The van der Waals surface area contributed by atoms with Gasteiger partial charge in [-0.15, -0.1) is 0 Å². The summed E-state index contributed by atoms with van der Waals surface area (Å²) in [6.07, 6.45) is 1.58. The van der Waals surface area contributed by atoms with Crippen LogP contribution in [0, 0.1) is 0 Å². The van der Waals surface area contributed by atoms with Gasteiger partial charge in [0.15, 0.2) is 0 Å². The quantitative estimate of drug-likeness (QED) is 0.538. The average Bonchev–Trinajstić information content (AvgIpc) is 2.18. The molecule has 9 heavy (non-hydrogen) atoms. The van der Waals surface area contributed by atoms with Crippen LogP contribution in [0.1, 0.15) is 6.92 Å². The maximum Gasteiger partial charge on any atom is 0.145 e. The molecule has 1 rings (SSSR count). The van der Waals surface area contributed by atoms with Crippen LogP contribution in [0.15, 0.2) is 6.20 Å². The summed E-state index contributed by atoms with van der Waals surface area (Å²) in [5, 5.41) is 9.46. The van der Waals surface area contributed by atoms with E-state index < -0.39 is 0 Å². The molecule has 0 amide bonds. The number of nitrogens with zero attached hydrogens (tertiary/aromatic N) is 1. The van der Waals surface area contributed by atoms with Crippen molar-refractivity contribution in [2.24, 2.45) is 0 Å². The lowest BCUT2D eigenvalue weighted by Gasteiger charge is -1.97. The molecule has 0 radical (unpaired) electrons. The van der Waals surface area contributed by atoms with Gasteiger partial charge in [0.1, 0.15) is 5.82 Å². The van der Waals surface area contributed by atoms with Crippen molar-refractivity contribution in [1.82, 2.24) is 10.2 Å². The second-order valence-corrected chi connectivity index (χ2v) is 1.73. The standard InChI is InChI=1S/C5H10N4/c1-2-7-5-4(6)3-8-9-5/h3H,2,6H2,1H3,(H2,7,8,9). The number of nitrogen functional groups attached to an aromatic ring is 1. The summed E-state index contributed by atoms with van der Waals surface area (Å²) < 4.78 is 0. The van der Waals surface area contributed by atoms with Gasteiger partial charge in [-0.2, -0.15) is 5.10 Å². The van der Waals surface area contributed by atoms with Crippen LogP contribution in [0.4, 0.5) is 11.5 Å². The molecule has 50 valence electrons. The molecule has 4 heteroatoms. The van der Waals surface area contributed by atoms with Crippen LogP contribution in [0.25, 0.3) is 0 Å². The van der Waals surface area contributed by atoms with Crippen LogP contribution in [-0.4, -0.2) is 16.7 Å². The Morgan fingerprint density at radius 3 is 3.11 bits per heavy atom. The zero-order valence-electron chi connectivity index (χ0n) is 5.31. The molecular formula is C5H10N4. The van der Waals surface area contributed by atoms with E-state index in [1.54, 1.807) is 6.20 Å². The highest BCUT2D eigenvalue weighted by Crippen LogP contribution is 2.10. The molecule has 1 heterocycles. The predicted octanol–water partition coefficient (Wildman–Crippen LogP) is 0.424. The molecule has 0 bridgehead atoms. The summed E-state index contributed by atoms with van der Waals surface area (Å²) in [5.41, 5.74) is 6.13. The molecule has 0 aromatic carbocycles. The predicted molar refractivity (Wildman–Crippen MR) is 37.2 cm³/mol. The number of rotatable bonds is 2.